The van der Waals surface area contributed by atoms with E-state index in [2.05, 4.69) is 43.4 Å². The van der Waals surface area contributed by atoms with Crippen LogP contribution in [0.3, 0.4) is 0 Å². The third kappa shape index (κ3) is 4.69. The van der Waals surface area contributed by atoms with Gasteiger partial charge in [0.05, 0.1) is 12.2 Å². The van der Waals surface area contributed by atoms with E-state index < -0.39 is 5.54 Å². The van der Waals surface area contributed by atoms with E-state index in [1.165, 1.54) is 12.0 Å². The van der Waals surface area contributed by atoms with Crippen molar-refractivity contribution in [3.05, 3.63) is 77.5 Å². The van der Waals surface area contributed by atoms with Crippen molar-refractivity contribution in [3.63, 3.8) is 0 Å². The second-order valence-corrected chi connectivity index (χ2v) is 10.8. The molecule has 6 nitrogen and oxygen atoms in total. The topological polar surface area (TPSA) is 67.2 Å². The summed E-state index contributed by atoms with van der Waals surface area (Å²) in [5, 5.41) is 8.08. The minimum Gasteiger partial charge on any atom is -0.351 e. The number of hydrogen-bond acceptors (Lipinski definition) is 3. The summed E-state index contributed by atoms with van der Waals surface area (Å²) < 4.78 is 1.73. The van der Waals surface area contributed by atoms with Crippen LogP contribution in [0.15, 0.2) is 60.7 Å². The van der Waals surface area contributed by atoms with Gasteiger partial charge in [-0.1, -0.05) is 87.7 Å². The third-order valence-electron chi connectivity index (χ3n) is 7.78. The predicted molar refractivity (Wildman–Crippen MR) is 141 cm³/mol. The molecule has 2 amide bonds. The van der Waals surface area contributed by atoms with Crippen molar-refractivity contribution in [2.24, 2.45) is 0 Å². The number of hydrogen-bond donors (Lipinski definition) is 1. The lowest BCUT2D eigenvalue weighted by molar-refractivity contribution is -0.134. The molecule has 0 spiro atoms. The van der Waals surface area contributed by atoms with Crippen molar-refractivity contribution < 1.29 is 9.59 Å². The van der Waals surface area contributed by atoms with E-state index in [9.17, 15) is 9.59 Å². The van der Waals surface area contributed by atoms with Gasteiger partial charge in [0, 0.05) is 18.2 Å². The van der Waals surface area contributed by atoms with E-state index >= 15 is 0 Å². The van der Waals surface area contributed by atoms with Crippen LogP contribution in [0.5, 0.6) is 0 Å². The molecule has 2 heterocycles. The quantitative estimate of drug-likeness (QED) is 0.500. The summed E-state index contributed by atoms with van der Waals surface area (Å²) in [7, 11) is 0. The van der Waals surface area contributed by atoms with Crippen LogP contribution in [0.2, 0.25) is 0 Å². The molecule has 0 saturated heterocycles. The lowest BCUT2D eigenvalue weighted by Crippen LogP contribution is -2.64. The molecule has 1 aromatic heterocycles. The Morgan fingerprint density at radius 1 is 1.06 bits per heavy atom. The highest BCUT2D eigenvalue weighted by Gasteiger charge is 2.48. The zero-order valence-electron chi connectivity index (χ0n) is 21.5. The minimum absolute atomic E-state index is 0.0948. The van der Waals surface area contributed by atoms with Crippen molar-refractivity contribution in [1.29, 1.82) is 0 Å². The van der Waals surface area contributed by atoms with E-state index in [0.717, 1.165) is 42.5 Å². The first-order valence-corrected chi connectivity index (χ1v) is 13.2. The molecular formula is C30H36N4O2. The van der Waals surface area contributed by atoms with E-state index in [-0.39, 0.29) is 17.9 Å². The predicted octanol–water partition coefficient (Wildman–Crippen LogP) is 5.54. The fourth-order valence-corrected chi connectivity index (χ4v) is 5.42. The maximum atomic E-state index is 13.9. The largest absolute Gasteiger partial charge is 0.351 e. The number of benzene rings is 2. The Hall–Kier alpha value is -3.41. The zero-order chi connectivity index (χ0) is 25.3. The van der Waals surface area contributed by atoms with E-state index in [1.54, 1.807) is 9.58 Å². The van der Waals surface area contributed by atoms with Gasteiger partial charge in [0.25, 0.3) is 5.91 Å². The maximum Gasteiger partial charge on any atom is 0.273 e. The molecule has 1 aliphatic heterocycles. The first kappa shape index (κ1) is 24.3. The molecule has 5 rings (SSSR count). The smallest absolute Gasteiger partial charge is 0.273 e. The Labute approximate surface area is 213 Å². The van der Waals surface area contributed by atoms with Crippen molar-refractivity contribution in [2.45, 2.75) is 83.5 Å². The Balaban J connectivity index is 1.49. The molecule has 1 N–H and O–H groups in total. The van der Waals surface area contributed by atoms with Crippen LogP contribution >= 0.6 is 0 Å². The summed E-state index contributed by atoms with van der Waals surface area (Å²) in [6.07, 6.45) is 5.49. The summed E-state index contributed by atoms with van der Waals surface area (Å²) in [5.41, 5.74) is 3.47. The zero-order valence-corrected chi connectivity index (χ0v) is 21.5. The molecule has 188 valence electrons. The Morgan fingerprint density at radius 3 is 2.42 bits per heavy atom. The van der Waals surface area contributed by atoms with Gasteiger partial charge >= 0.3 is 0 Å². The first-order valence-electron chi connectivity index (χ1n) is 13.2. The van der Waals surface area contributed by atoms with Crippen molar-refractivity contribution in [3.8, 4) is 11.3 Å². The average molecular weight is 485 g/mol. The molecule has 1 atom stereocenters. The summed E-state index contributed by atoms with van der Waals surface area (Å²) in [5.74, 6) is 0.192. The maximum absolute atomic E-state index is 13.9. The lowest BCUT2D eigenvalue weighted by atomic mass is 9.91. The molecule has 0 radical (unpaired) electrons. The molecule has 2 aromatic carbocycles. The molecular weight excluding hydrogens is 448 g/mol. The van der Waals surface area contributed by atoms with Crippen molar-refractivity contribution in [2.75, 3.05) is 0 Å². The van der Waals surface area contributed by atoms with Crippen molar-refractivity contribution in [1.82, 2.24) is 20.0 Å². The number of nitrogens with one attached hydrogen (secondary N) is 1. The summed E-state index contributed by atoms with van der Waals surface area (Å²) in [4.78, 5) is 29.4. The number of aromatic nitrogens is 2. The van der Waals surface area contributed by atoms with Crippen LogP contribution in [0, 0.1) is 0 Å². The SMILES string of the molecule is CC(C)c1ccc(-c2cc3n(n2)C[C@@](C)(C(=O)NC2CCCCC2)N(Cc2ccccc2)C3=O)cc1. The highest BCUT2D eigenvalue weighted by atomic mass is 16.2. The van der Waals surface area contributed by atoms with E-state index in [1.807, 2.05) is 43.3 Å². The van der Waals surface area contributed by atoms with Gasteiger partial charge in [0.2, 0.25) is 5.91 Å². The van der Waals surface area contributed by atoms with Crippen LogP contribution < -0.4 is 5.32 Å². The normalized spacial score (nSPS) is 20.4. The Kier molecular flexibility index (Phi) is 6.69. The standard InChI is InChI=1S/C30H36N4O2/c1-21(2)23-14-16-24(17-15-23)26-18-27-28(35)33(19-22-10-6-4-7-11-22)30(3,20-34(27)32-26)29(36)31-25-12-8-5-9-13-25/h4,6-7,10-11,14-18,21,25H,5,8-9,12-13,19-20H2,1-3H3,(H,31,36)/t30-/m0/s1. The molecule has 1 aliphatic carbocycles. The number of amides is 2. The third-order valence-corrected chi connectivity index (χ3v) is 7.78. The Morgan fingerprint density at radius 2 is 1.75 bits per heavy atom. The second-order valence-electron chi connectivity index (χ2n) is 10.8. The molecule has 36 heavy (non-hydrogen) atoms. The highest BCUT2D eigenvalue weighted by molar-refractivity contribution is 6.00. The molecule has 2 aliphatic rings. The monoisotopic (exact) mass is 484 g/mol. The molecule has 0 bridgehead atoms. The van der Waals surface area contributed by atoms with Crippen LogP contribution in [0.4, 0.5) is 0 Å². The van der Waals surface area contributed by atoms with E-state index in [0.29, 0.717) is 24.7 Å². The first-order chi connectivity index (χ1) is 17.3. The van der Waals surface area contributed by atoms with Crippen LogP contribution in [0.25, 0.3) is 11.3 Å². The fourth-order valence-electron chi connectivity index (χ4n) is 5.42. The fraction of sp³-hybridized carbons (Fsp3) is 0.433. The summed E-state index contributed by atoms with van der Waals surface area (Å²) in [6, 6.07) is 20.3. The van der Waals surface area contributed by atoms with Gasteiger partial charge in [0.1, 0.15) is 11.2 Å². The number of carbonyl (C=O) groups excluding carboxylic acids is 2. The van der Waals surface area contributed by atoms with Crippen LogP contribution in [-0.4, -0.2) is 38.1 Å². The molecule has 0 unspecified atom stereocenters. The summed E-state index contributed by atoms with van der Waals surface area (Å²) in [6.45, 7) is 6.92. The van der Waals surface area contributed by atoms with Crippen molar-refractivity contribution >= 4 is 11.8 Å². The van der Waals surface area contributed by atoms with Gasteiger partial charge in [-0.15, -0.1) is 0 Å². The van der Waals surface area contributed by atoms with Crippen LogP contribution in [0.1, 0.15) is 80.4 Å². The molecule has 1 saturated carbocycles. The highest BCUT2D eigenvalue weighted by Crippen LogP contribution is 2.32. The van der Waals surface area contributed by atoms with Gasteiger partial charge < -0.3 is 10.2 Å². The Bertz CT molecular complexity index is 1230. The van der Waals surface area contributed by atoms with Gasteiger partial charge in [-0.25, -0.2) is 0 Å². The summed E-state index contributed by atoms with van der Waals surface area (Å²) >= 11 is 0. The average Bonchev–Trinajstić information content (AvgIpc) is 3.32. The van der Waals surface area contributed by atoms with Crippen LogP contribution in [-0.2, 0) is 17.9 Å². The number of nitrogens with zero attached hydrogens (tertiary/aromatic N) is 3. The van der Waals surface area contributed by atoms with Gasteiger partial charge in [-0.3, -0.25) is 14.3 Å². The lowest BCUT2D eigenvalue weighted by Gasteiger charge is -2.44. The molecule has 1 fully saturated rings. The molecule has 6 heteroatoms. The number of rotatable bonds is 6. The minimum atomic E-state index is -1.04. The second kappa shape index (κ2) is 9.92. The van der Waals surface area contributed by atoms with E-state index in [4.69, 9.17) is 5.10 Å². The van der Waals surface area contributed by atoms with Gasteiger partial charge in [-0.05, 0) is 42.9 Å². The van der Waals surface area contributed by atoms with Gasteiger partial charge in [0.15, 0.2) is 0 Å². The number of fused-ring (bicyclic) bond motifs is 1. The van der Waals surface area contributed by atoms with Gasteiger partial charge in [-0.2, -0.15) is 5.10 Å². The number of carbonyl (C=O) groups is 2. The molecule has 3 aromatic rings.